The first-order chi connectivity index (χ1) is 16.8. The fourth-order valence-corrected chi connectivity index (χ4v) is 5.33. The van der Waals surface area contributed by atoms with Crippen molar-refractivity contribution in [3.05, 3.63) is 89.6 Å². The van der Waals surface area contributed by atoms with Crippen LogP contribution in [0.1, 0.15) is 41.4 Å². The number of halogens is 3. The number of thioether (sulfide) groups is 1. The lowest BCUT2D eigenvalue weighted by Crippen LogP contribution is -2.14. The van der Waals surface area contributed by atoms with Crippen LogP contribution in [0.15, 0.2) is 77.7 Å². The van der Waals surface area contributed by atoms with Gasteiger partial charge in [0.15, 0.2) is 0 Å². The van der Waals surface area contributed by atoms with Gasteiger partial charge in [0, 0.05) is 33.2 Å². The monoisotopic (exact) mass is 495 g/mol. The average molecular weight is 496 g/mol. The molecule has 7 heteroatoms. The van der Waals surface area contributed by atoms with Crippen LogP contribution < -0.4 is 0 Å². The van der Waals surface area contributed by atoms with Crippen molar-refractivity contribution >= 4 is 28.6 Å². The van der Waals surface area contributed by atoms with Crippen LogP contribution in [-0.4, -0.2) is 22.4 Å². The Balaban J connectivity index is 1.65. The highest BCUT2D eigenvalue weighted by Crippen LogP contribution is 2.41. The number of hydrogen-bond donors (Lipinski definition) is 0. The van der Waals surface area contributed by atoms with E-state index in [2.05, 4.69) is 12.1 Å². The van der Waals surface area contributed by atoms with Crippen molar-refractivity contribution in [2.45, 2.75) is 42.6 Å². The molecule has 0 radical (unpaired) electrons. The number of rotatable bonds is 7. The zero-order valence-corrected chi connectivity index (χ0v) is 20.0. The molecule has 1 aromatic heterocycles. The summed E-state index contributed by atoms with van der Waals surface area (Å²) in [5, 5.41) is 1.54. The van der Waals surface area contributed by atoms with Crippen LogP contribution >= 0.6 is 11.8 Å². The van der Waals surface area contributed by atoms with Gasteiger partial charge in [0.1, 0.15) is 5.69 Å². The highest BCUT2D eigenvalue weighted by atomic mass is 32.2. The number of benzene rings is 3. The summed E-state index contributed by atoms with van der Waals surface area (Å²) in [4.78, 5) is 14.4. The van der Waals surface area contributed by atoms with Crippen molar-refractivity contribution in [3.8, 4) is 11.1 Å². The van der Waals surface area contributed by atoms with Crippen LogP contribution in [0, 0.1) is 0 Å². The minimum Gasteiger partial charge on any atom is -0.461 e. The fourth-order valence-electron chi connectivity index (χ4n) is 4.28. The Morgan fingerprint density at radius 1 is 1.03 bits per heavy atom. The summed E-state index contributed by atoms with van der Waals surface area (Å²) < 4.78 is 47.2. The molecule has 0 bridgehead atoms. The number of aromatic nitrogens is 1. The summed E-state index contributed by atoms with van der Waals surface area (Å²) in [6, 6.07) is 20.9. The van der Waals surface area contributed by atoms with Crippen LogP contribution in [0.3, 0.4) is 0 Å². The minimum absolute atomic E-state index is 0.105. The summed E-state index contributed by atoms with van der Waals surface area (Å²) in [5.41, 5.74) is 2.44. The summed E-state index contributed by atoms with van der Waals surface area (Å²) in [6.45, 7) is 2.04. The summed E-state index contributed by atoms with van der Waals surface area (Å²) in [7, 11) is 0. The number of nitrogens with zero attached hydrogens (tertiary/aromatic N) is 1. The van der Waals surface area contributed by atoms with Gasteiger partial charge in [-0.05, 0) is 61.2 Å². The molecule has 3 aromatic carbocycles. The number of hydrogen-bond acceptors (Lipinski definition) is 3. The van der Waals surface area contributed by atoms with Crippen molar-refractivity contribution < 1.29 is 22.7 Å². The van der Waals surface area contributed by atoms with Gasteiger partial charge in [-0.3, -0.25) is 0 Å². The number of esters is 1. The third-order valence-electron chi connectivity index (χ3n) is 6.00. The Morgan fingerprint density at radius 2 is 1.77 bits per heavy atom. The molecule has 0 spiro atoms. The maximum atomic E-state index is 13.3. The van der Waals surface area contributed by atoms with Gasteiger partial charge in [-0.1, -0.05) is 42.5 Å². The Morgan fingerprint density at radius 3 is 2.46 bits per heavy atom. The highest BCUT2D eigenvalue weighted by Gasteiger charge is 2.31. The number of carbonyl (C=O) groups is 1. The normalized spacial score (nSPS) is 13.8. The Bertz CT molecular complexity index is 1370. The molecule has 0 N–H and O–H groups in total. The molecule has 0 amide bonds. The Labute approximate surface area is 205 Å². The Kier molecular flexibility index (Phi) is 6.36. The van der Waals surface area contributed by atoms with Crippen LogP contribution in [-0.2, 0) is 17.5 Å². The molecule has 4 aromatic rings. The zero-order chi connectivity index (χ0) is 24.6. The lowest BCUT2D eigenvalue weighted by atomic mass is 10.0. The first-order valence-corrected chi connectivity index (χ1v) is 12.4. The number of ether oxygens (including phenoxy) is 1. The maximum Gasteiger partial charge on any atom is 0.416 e. The van der Waals surface area contributed by atoms with E-state index >= 15 is 0 Å². The first-order valence-electron chi connectivity index (χ1n) is 11.6. The van der Waals surface area contributed by atoms with E-state index in [0.717, 1.165) is 34.2 Å². The smallest absolute Gasteiger partial charge is 0.416 e. The van der Waals surface area contributed by atoms with Crippen molar-refractivity contribution in [1.29, 1.82) is 0 Å². The predicted octanol–water partition coefficient (Wildman–Crippen LogP) is 7.81. The van der Waals surface area contributed by atoms with Gasteiger partial charge >= 0.3 is 12.1 Å². The van der Waals surface area contributed by atoms with E-state index in [0.29, 0.717) is 16.5 Å². The molecule has 0 aliphatic heterocycles. The van der Waals surface area contributed by atoms with Crippen molar-refractivity contribution in [1.82, 2.24) is 4.57 Å². The van der Waals surface area contributed by atoms with Gasteiger partial charge in [0.2, 0.25) is 0 Å². The number of carbonyl (C=O) groups excluding carboxylic acids is 1. The van der Waals surface area contributed by atoms with Crippen molar-refractivity contribution in [2.24, 2.45) is 0 Å². The van der Waals surface area contributed by atoms with Gasteiger partial charge < -0.3 is 9.30 Å². The lowest BCUT2D eigenvalue weighted by Gasteiger charge is -2.14. The van der Waals surface area contributed by atoms with E-state index in [-0.39, 0.29) is 13.2 Å². The van der Waals surface area contributed by atoms with Crippen molar-refractivity contribution in [2.75, 3.05) is 6.61 Å². The number of para-hydroxylation sites is 1. The molecule has 0 saturated heterocycles. The maximum absolute atomic E-state index is 13.3. The zero-order valence-electron chi connectivity index (χ0n) is 19.1. The quantitative estimate of drug-likeness (QED) is 0.245. The summed E-state index contributed by atoms with van der Waals surface area (Å²) >= 11 is 1.86. The average Bonchev–Trinajstić information content (AvgIpc) is 3.60. The molecule has 1 aliphatic rings. The molecule has 0 atom stereocenters. The van der Waals surface area contributed by atoms with E-state index < -0.39 is 17.7 Å². The van der Waals surface area contributed by atoms with Crippen LogP contribution in [0.5, 0.6) is 0 Å². The SMILES string of the molecule is CCOC(=O)c1c(-c2ccc(SC3CC3)cc2)c2ccccc2n1Cc1cccc(C(F)(F)F)c1. The predicted molar refractivity (Wildman–Crippen MR) is 133 cm³/mol. The number of fused-ring (bicyclic) bond motifs is 1. The van der Waals surface area contributed by atoms with Crippen LogP contribution in [0.25, 0.3) is 22.0 Å². The molecule has 1 saturated carbocycles. The molecule has 5 rings (SSSR count). The molecule has 1 heterocycles. The summed E-state index contributed by atoms with van der Waals surface area (Å²) in [6.07, 6.45) is -1.96. The number of alkyl halides is 3. The van der Waals surface area contributed by atoms with E-state index in [1.165, 1.54) is 23.8 Å². The van der Waals surface area contributed by atoms with Gasteiger partial charge in [0.25, 0.3) is 0 Å². The third kappa shape index (κ3) is 4.96. The minimum atomic E-state index is -4.44. The molecular formula is C28H24F3NO2S. The van der Waals surface area contributed by atoms with E-state index in [9.17, 15) is 18.0 Å². The Hall–Kier alpha value is -3.19. The molecule has 1 aliphatic carbocycles. The van der Waals surface area contributed by atoms with Gasteiger partial charge in [-0.15, -0.1) is 11.8 Å². The van der Waals surface area contributed by atoms with E-state index in [1.807, 2.05) is 48.2 Å². The molecule has 180 valence electrons. The van der Waals surface area contributed by atoms with Gasteiger partial charge in [0.05, 0.1) is 12.2 Å². The van der Waals surface area contributed by atoms with Crippen LogP contribution in [0.4, 0.5) is 13.2 Å². The third-order valence-corrected chi connectivity index (χ3v) is 7.35. The largest absolute Gasteiger partial charge is 0.461 e. The molecule has 35 heavy (non-hydrogen) atoms. The summed E-state index contributed by atoms with van der Waals surface area (Å²) in [5.74, 6) is -0.498. The van der Waals surface area contributed by atoms with Gasteiger partial charge in [-0.2, -0.15) is 13.2 Å². The standard InChI is InChI=1S/C28H24F3NO2S/c1-2-34-27(33)26-25(19-10-12-21(13-11-19)35-22-14-15-22)23-8-3-4-9-24(23)32(26)17-18-6-5-7-20(16-18)28(29,30)31/h3-13,16,22H,2,14-15,17H2,1H3. The van der Waals surface area contributed by atoms with E-state index in [1.54, 1.807) is 17.6 Å². The van der Waals surface area contributed by atoms with Gasteiger partial charge in [-0.25, -0.2) is 4.79 Å². The van der Waals surface area contributed by atoms with Crippen LogP contribution in [0.2, 0.25) is 0 Å². The topological polar surface area (TPSA) is 31.2 Å². The fraction of sp³-hybridized carbons (Fsp3) is 0.250. The second-order valence-electron chi connectivity index (χ2n) is 8.59. The second-order valence-corrected chi connectivity index (χ2v) is 9.96. The molecule has 3 nitrogen and oxygen atoms in total. The molecule has 0 unspecified atom stereocenters. The molecular weight excluding hydrogens is 471 g/mol. The first kappa shape index (κ1) is 23.5. The van der Waals surface area contributed by atoms with E-state index in [4.69, 9.17) is 4.74 Å². The second kappa shape index (κ2) is 9.46. The highest BCUT2D eigenvalue weighted by molar-refractivity contribution is 8.00. The lowest BCUT2D eigenvalue weighted by molar-refractivity contribution is -0.137. The van der Waals surface area contributed by atoms with Crippen molar-refractivity contribution in [3.63, 3.8) is 0 Å². The molecule has 1 fully saturated rings.